The molecule has 0 amide bonds. The third-order valence-corrected chi connectivity index (χ3v) is 7.93. The zero-order chi connectivity index (χ0) is 25.4. The summed E-state index contributed by atoms with van der Waals surface area (Å²) in [5, 5.41) is 7.48. The van der Waals surface area contributed by atoms with Gasteiger partial charge in [-0.1, -0.05) is 72.8 Å². The highest BCUT2D eigenvalue weighted by molar-refractivity contribution is 6.26. The summed E-state index contributed by atoms with van der Waals surface area (Å²) in [7, 11) is 4.19. The number of nitrogens with zero attached hydrogens (tertiary/aromatic N) is 4. The van der Waals surface area contributed by atoms with Crippen LogP contribution in [-0.2, 0) is 14.1 Å². The van der Waals surface area contributed by atoms with Gasteiger partial charge in [0.1, 0.15) is 11.6 Å². The zero-order valence-electron chi connectivity index (χ0n) is 21.2. The van der Waals surface area contributed by atoms with Crippen LogP contribution in [0.1, 0.15) is 0 Å². The minimum atomic E-state index is 0.981. The van der Waals surface area contributed by atoms with Crippen molar-refractivity contribution in [3.8, 4) is 22.8 Å². The highest BCUT2D eigenvalue weighted by atomic mass is 15.1. The van der Waals surface area contributed by atoms with Gasteiger partial charge < -0.3 is 9.13 Å². The van der Waals surface area contributed by atoms with Crippen LogP contribution < -0.4 is 0 Å². The van der Waals surface area contributed by atoms with Crippen LogP contribution in [0.15, 0.2) is 109 Å². The van der Waals surface area contributed by atoms with E-state index >= 15 is 0 Å². The topological polar surface area (TPSA) is 35.6 Å². The van der Waals surface area contributed by atoms with E-state index in [0.29, 0.717) is 0 Å². The van der Waals surface area contributed by atoms with Gasteiger partial charge in [-0.15, -0.1) is 0 Å². The highest BCUT2D eigenvalue weighted by Gasteiger charge is 2.15. The van der Waals surface area contributed by atoms with Gasteiger partial charge in [0.2, 0.25) is 0 Å². The molecule has 0 aliphatic rings. The number of hydrogen-bond acceptors (Lipinski definition) is 2. The predicted molar refractivity (Wildman–Crippen MR) is 158 cm³/mol. The molecule has 2 aromatic heterocycles. The minimum Gasteiger partial charge on any atom is -0.327 e. The molecule has 38 heavy (non-hydrogen) atoms. The summed E-state index contributed by atoms with van der Waals surface area (Å²) in [5.41, 5.74) is 6.56. The van der Waals surface area contributed by atoms with Crippen LogP contribution in [0.3, 0.4) is 0 Å². The Hall–Kier alpha value is -4.96. The number of aryl methyl sites for hydroxylation is 2. The molecule has 0 saturated heterocycles. The van der Waals surface area contributed by atoms with Gasteiger partial charge in [0, 0.05) is 25.2 Å². The normalized spacial score (nSPS) is 11.9. The van der Waals surface area contributed by atoms with E-state index in [4.69, 9.17) is 9.97 Å². The lowest BCUT2D eigenvalue weighted by Gasteiger charge is -2.13. The van der Waals surface area contributed by atoms with Crippen molar-refractivity contribution in [1.82, 2.24) is 19.1 Å². The quantitative estimate of drug-likeness (QED) is 0.230. The van der Waals surface area contributed by atoms with E-state index in [-0.39, 0.29) is 0 Å². The standard InChI is InChI=1S/C34H24N4/c1-37-31-13-7-5-11-29(31)35-33(37)21-15-17-25-26-18-16-22(34-36-30-12-6-8-14-32(30)38(34)2)20-28(26)24-10-4-3-9-23(24)27(25)19-21/h3-20H,1-2H3. The van der Waals surface area contributed by atoms with Crippen molar-refractivity contribution in [2.75, 3.05) is 0 Å². The van der Waals surface area contributed by atoms with Gasteiger partial charge in [0.25, 0.3) is 0 Å². The van der Waals surface area contributed by atoms with Crippen LogP contribution in [0.25, 0.3) is 77.2 Å². The third-order valence-electron chi connectivity index (χ3n) is 7.93. The highest BCUT2D eigenvalue weighted by Crippen LogP contribution is 2.39. The molecule has 2 heterocycles. The van der Waals surface area contributed by atoms with Crippen molar-refractivity contribution in [3.63, 3.8) is 0 Å². The van der Waals surface area contributed by atoms with Gasteiger partial charge in [0.05, 0.1) is 22.1 Å². The fourth-order valence-corrected chi connectivity index (χ4v) is 6.04. The number of hydrogen-bond donors (Lipinski definition) is 0. The Morgan fingerprint density at radius 3 is 1.26 bits per heavy atom. The Morgan fingerprint density at radius 2 is 0.816 bits per heavy atom. The molecule has 0 spiro atoms. The minimum absolute atomic E-state index is 0.981. The summed E-state index contributed by atoms with van der Waals surface area (Å²) in [4.78, 5) is 9.91. The van der Waals surface area contributed by atoms with Crippen LogP contribution >= 0.6 is 0 Å². The summed E-state index contributed by atoms with van der Waals surface area (Å²) < 4.78 is 4.37. The Morgan fingerprint density at radius 1 is 0.421 bits per heavy atom. The molecule has 0 unspecified atom stereocenters. The Kier molecular flexibility index (Phi) is 4.32. The summed E-state index contributed by atoms with van der Waals surface area (Å²) >= 11 is 0. The molecule has 0 aliphatic heterocycles. The van der Waals surface area contributed by atoms with Gasteiger partial charge in [-0.2, -0.15) is 0 Å². The van der Waals surface area contributed by atoms with Crippen molar-refractivity contribution < 1.29 is 0 Å². The van der Waals surface area contributed by atoms with Crippen LogP contribution in [-0.4, -0.2) is 19.1 Å². The first-order valence-corrected chi connectivity index (χ1v) is 12.9. The van der Waals surface area contributed by atoms with Crippen LogP contribution in [0, 0.1) is 0 Å². The molecular weight excluding hydrogens is 464 g/mol. The third kappa shape index (κ3) is 2.91. The van der Waals surface area contributed by atoms with Gasteiger partial charge in [-0.25, -0.2) is 9.97 Å². The molecule has 0 fully saturated rings. The second-order valence-electron chi connectivity index (χ2n) is 10.0. The van der Waals surface area contributed by atoms with Crippen LogP contribution in [0.4, 0.5) is 0 Å². The van der Waals surface area contributed by atoms with Gasteiger partial charge in [0.15, 0.2) is 0 Å². The summed E-state index contributed by atoms with van der Waals surface area (Å²) in [6.45, 7) is 0. The maximum atomic E-state index is 4.96. The maximum absolute atomic E-state index is 4.96. The summed E-state index contributed by atoms with van der Waals surface area (Å²) in [6, 6.07) is 38.9. The first kappa shape index (κ1) is 21.2. The second-order valence-corrected chi connectivity index (χ2v) is 10.0. The van der Waals surface area contributed by atoms with E-state index in [9.17, 15) is 0 Å². The van der Waals surface area contributed by atoms with Gasteiger partial charge in [-0.05, 0) is 68.7 Å². The zero-order valence-corrected chi connectivity index (χ0v) is 21.2. The number of benzene rings is 6. The van der Waals surface area contributed by atoms with Crippen LogP contribution in [0.5, 0.6) is 0 Å². The van der Waals surface area contributed by atoms with Gasteiger partial charge in [-0.3, -0.25) is 0 Å². The molecular formula is C34H24N4. The molecule has 8 rings (SSSR count). The van der Waals surface area contributed by atoms with E-state index in [1.165, 1.54) is 32.3 Å². The van der Waals surface area contributed by atoms with E-state index in [2.05, 4.69) is 120 Å². The first-order chi connectivity index (χ1) is 18.7. The summed E-state index contributed by atoms with van der Waals surface area (Å²) in [5.74, 6) is 1.96. The fourth-order valence-electron chi connectivity index (χ4n) is 6.04. The fraction of sp³-hybridized carbons (Fsp3) is 0.0588. The molecule has 180 valence electrons. The Balaban J connectivity index is 1.39. The molecule has 4 nitrogen and oxygen atoms in total. The number of fused-ring (bicyclic) bond motifs is 8. The van der Waals surface area contributed by atoms with E-state index in [1.807, 2.05) is 12.1 Å². The monoisotopic (exact) mass is 488 g/mol. The van der Waals surface area contributed by atoms with Crippen molar-refractivity contribution in [2.45, 2.75) is 0 Å². The van der Waals surface area contributed by atoms with Gasteiger partial charge >= 0.3 is 0 Å². The van der Waals surface area contributed by atoms with E-state index < -0.39 is 0 Å². The van der Waals surface area contributed by atoms with Crippen molar-refractivity contribution in [3.05, 3.63) is 109 Å². The first-order valence-electron chi connectivity index (χ1n) is 12.9. The maximum Gasteiger partial charge on any atom is 0.140 e. The van der Waals surface area contributed by atoms with Crippen molar-refractivity contribution in [1.29, 1.82) is 0 Å². The van der Waals surface area contributed by atoms with E-state index in [1.54, 1.807) is 0 Å². The lowest BCUT2D eigenvalue weighted by atomic mass is 9.92. The largest absolute Gasteiger partial charge is 0.327 e. The summed E-state index contributed by atoms with van der Waals surface area (Å²) in [6.07, 6.45) is 0. The smallest absolute Gasteiger partial charge is 0.140 e. The molecule has 0 saturated carbocycles. The number of rotatable bonds is 2. The lowest BCUT2D eigenvalue weighted by molar-refractivity contribution is 0.960. The van der Waals surface area contributed by atoms with Crippen molar-refractivity contribution >= 4 is 54.4 Å². The molecule has 0 radical (unpaired) electrons. The second kappa shape index (κ2) is 7.77. The lowest BCUT2D eigenvalue weighted by Crippen LogP contribution is -1.94. The Bertz CT molecular complexity index is 2040. The predicted octanol–water partition coefficient (Wildman–Crippen LogP) is 8.25. The van der Waals surface area contributed by atoms with E-state index in [0.717, 1.165) is 44.8 Å². The molecule has 0 N–H and O–H groups in total. The molecule has 6 aromatic carbocycles. The molecule has 8 aromatic rings. The molecule has 4 heteroatoms. The average molecular weight is 489 g/mol. The average Bonchev–Trinajstić information content (AvgIpc) is 3.49. The van der Waals surface area contributed by atoms with Crippen molar-refractivity contribution in [2.24, 2.45) is 14.1 Å². The van der Waals surface area contributed by atoms with Crippen LogP contribution in [0.2, 0.25) is 0 Å². The SMILES string of the molecule is Cn1c(-c2ccc3c4ccc(-c5nc6ccccc6n5C)cc4c4ccccc4c3c2)nc2ccccc21. The molecule has 0 atom stereocenters. The molecule has 0 bridgehead atoms. The number of para-hydroxylation sites is 4. The molecule has 0 aliphatic carbocycles. The number of aromatic nitrogens is 4. The number of imidazole rings is 2. The Labute approximate surface area is 219 Å².